The Morgan fingerprint density at radius 1 is 1.42 bits per heavy atom. The predicted octanol–water partition coefficient (Wildman–Crippen LogP) is 1.76. The van der Waals surface area contributed by atoms with Crippen molar-refractivity contribution in [3.8, 4) is 12.1 Å². The SMILES string of the molecule is N#CC(C#N)=Cc1ccc(N)s1. The number of anilines is 1. The van der Waals surface area contributed by atoms with Gasteiger partial charge in [-0.1, -0.05) is 0 Å². The molecule has 0 unspecified atom stereocenters. The summed E-state index contributed by atoms with van der Waals surface area (Å²) in [4.78, 5) is 0.825. The Balaban J connectivity index is 2.97. The van der Waals surface area contributed by atoms with Crippen molar-refractivity contribution in [3.63, 3.8) is 0 Å². The largest absolute Gasteiger partial charge is 0.391 e. The van der Waals surface area contributed by atoms with Crippen LogP contribution < -0.4 is 5.73 Å². The maximum atomic E-state index is 8.43. The van der Waals surface area contributed by atoms with E-state index in [2.05, 4.69) is 0 Å². The van der Waals surface area contributed by atoms with Crippen LogP contribution in [-0.2, 0) is 0 Å². The molecule has 0 saturated carbocycles. The molecule has 12 heavy (non-hydrogen) atoms. The number of thiophene rings is 1. The second kappa shape index (κ2) is 3.56. The van der Waals surface area contributed by atoms with E-state index in [1.807, 2.05) is 0 Å². The second-order valence-electron chi connectivity index (χ2n) is 2.02. The molecule has 3 nitrogen and oxygen atoms in total. The van der Waals surface area contributed by atoms with Crippen LogP contribution >= 0.6 is 11.3 Å². The normalized spacial score (nSPS) is 8.17. The highest BCUT2D eigenvalue weighted by atomic mass is 32.1. The number of hydrogen-bond donors (Lipinski definition) is 1. The summed E-state index contributed by atoms with van der Waals surface area (Å²) >= 11 is 1.35. The van der Waals surface area contributed by atoms with E-state index in [4.69, 9.17) is 16.3 Å². The van der Waals surface area contributed by atoms with Gasteiger partial charge in [0.2, 0.25) is 0 Å². The summed E-state index contributed by atoms with van der Waals surface area (Å²) in [7, 11) is 0. The summed E-state index contributed by atoms with van der Waals surface area (Å²) < 4.78 is 0. The summed E-state index contributed by atoms with van der Waals surface area (Å²) in [5, 5.41) is 17.5. The molecule has 0 fully saturated rings. The molecule has 0 saturated heterocycles. The van der Waals surface area contributed by atoms with E-state index in [0.29, 0.717) is 5.00 Å². The Labute approximate surface area is 74.0 Å². The van der Waals surface area contributed by atoms with Crippen LogP contribution in [0.2, 0.25) is 0 Å². The van der Waals surface area contributed by atoms with Gasteiger partial charge >= 0.3 is 0 Å². The molecule has 0 aliphatic rings. The fraction of sp³-hybridized carbons (Fsp3) is 0. The van der Waals surface area contributed by atoms with Crippen LogP contribution in [0.4, 0.5) is 5.00 Å². The van der Waals surface area contributed by atoms with Crippen LogP contribution in [0, 0.1) is 22.7 Å². The summed E-state index contributed by atoms with van der Waals surface area (Å²) in [6.07, 6.45) is 1.51. The molecule has 1 heterocycles. The first-order chi connectivity index (χ1) is 5.76. The minimum absolute atomic E-state index is 0.0943. The van der Waals surface area contributed by atoms with E-state index in [0.717, 1.165) is 4.88 Å². The topological polar surface area (TPSA) is 73.6 Å². The predicted molar refractivity (Wildman–Crippen MR) is 47.9 cm³/mol. The first kappa shape index (κ1) is 8.32. The van der Waals surface area contributed by atoms with Gasteiger partial charge in [-0.3, -0.25) is 0 Å². The lowest BCUT2D eigenvalue weighted by Crippen LogP contribution is -1.72. The zero-order valence-electron chi connectivity index (χ0n) is 6.11. The minimum Gasteiger partial charge on any atom is -0.391 e. The number of nitrogens with two attached hydrogens (primary N) is 1. The van der Waals surface area contributed by atoms with Crippen LogP contribution in [0.5, 0.6) is 0 Å². The van der Waals surface area contributed by atoms with Crippen molar-refractivity contribution in [2.24, 2.45) is 0 Å². The average molecular weight is 175 g/mol. The fourth-order valence-electron chi connectivity index (χ4n) is 0.678. The van der Waals surface area contributed by atoms with Gasteiger partial charge in [-0.2, -0.15) is 10.5 Å². The lowest BCUT2D eigenvalue weighted by Gasteiger charge is -1.81. The van der Waals surface area contributed by atoms with Gasteiger partial charge in [0, 0.05) is 4.88 Å². The van der Waals surface area contributed by atoms with Crippen molar-refractivity contribution in [2.45, 2.75) is 0 Å². The number of nitrogen functional groups attached to an aromatic ring is 1. The van der Waals surface area contributed by atoms with E-state index in [-0.39, 0.29) is 5.57 Å². The standard InChI is InChI=1S/C8H5N3S/c9-4-6(5-10)3-7-1-2-8(11)12-7/h1-3H,11H2. The molecule has 0 amide bonds. The Hall–Kier alpha value is -1.78. The van der Waals surface area contributed by atoms with Gasteiger partial charge in [-0.05, 0) is 18.2 Å². The molecule has 0 spiro atoms. The zero-order chi connectivity index (χ0) is 8.97. The van der Waals surface area contributed by atoms with Gasteiger partial charge < -0.3 is 5.73 Å². The first-order valence-electron chi connectivity index (χ1n) is 3.13. The van der Waals surface area contributed by atoms with Gasteiger partial charge in [0.15, 0.2) is 0 Å². The summed E-state index contributed by atoms with van der Waals surface area (Å²) in [5.74, 6) is 0. The lowest BCUT2D eigenvalue weighted by atomic mass is 10.3. The second-order valence-corrected chi connectivity index (χ2v) is 3.17. The third-order valence-electron chi connectivity index (χ3n) is 1.18. The molecule has 4 heteroatoms. The Morgan fingerprint density at radius 3 is 2.50 bits per heavy atom. The molecular weight excluding hydrogens is 170 g/mol. The molecule has 0 aromatic carbocycles. The van der Waals surface area contributed by atoms with Gasteiger partial charge in [-0.25, -0.2) is 0 Å². The molecular formula is C8H5N3S. The van der Waals surface area contributed by atoms with Crippen molar-refractivity contribution >= 4 is 22.4 Å². The molecule has 0 radical (unpaired) electrons. The van der Waals surface area contributed by atoms with Crippen molar-refractivity contribution < 1.29 is 0 Å². The number of nitriles is 2. The monoisotopic (exact) mass is 175 g/mol. The maximum absolute atomic E-state index is 8.43. The van der Waals surface area contributed by atoms with Crippen molar-refractivity contribution in [3.05, 3.63) is 22.6 Å². The molecule has 1 aromatic heterocycles. The number of allylic oxidation sites excluding steroid dienone is 1. The van der Waals surface area contributed by atoms with E-state index in [1.54, 1.807) is 24.3 Å². The van der Waals surface area contributed by atoms with Gasteiger partial charge in [0.1, 0.15) is 17.7 Å². The Morgan fingerprint density at radius 2 is 2.08 bits per heavy atom. The third kappa shape index (κ3) is 1.85. The first-order valence-corrected chi connectivity index (χ1v) is 3.95. The van der Waals surface area contributed by atoms with Crippen molar-refractivity contribution in [1.82, 2.24) is 0 Å². The number of rotatable bonds is 1. The number of hydrogen-bond acceptors (Lipinski definition) is 4. The molecule has 1 aromatic rings. The molecule has 0 atom stereocenters. The van der Waals surface area contributed by atoms with Gasteiger partial charge in [0.05, 0.1) is 5.00 Å². The Kier molecular flexibility index (Phi) is 2.47. The van der Waals surface area contributed by atoms with E-state index < -0.39 is 0 Å². The smallest absolute Gasteiger partial charge is 0.131 e. The van der Waals surface area contributed by atoms with Gasteiger partial charge in [0.25, 0.3) is 0 Å². The van der Waals surface area contributed by atoms with Crippen LogP contribution in [0.25, 0.3) is 6.08 Å². The van der Waals surface area contributed by atoms with Crippen molar-refractivity contribution in [2.75, 3.05) is 5.73 Å². The maximum Gasteiger partial charge on any atom is 0.131 e. The van der Waals surface area contributed by atoms with Crippen LogP contribution in [0.15, 0.2) is 17.7 Å². The average Bonchev–Trinajstić information content (AvgIpc) is 2.47. The van der Waals surface area contributed by atoms with E-state index >= 15 is 0 Å². The summed E-state index contributed by atoms with van der Waals surface area (Å²) in [6.45, 7) is 0. The Bertz CT molecular complexity index is 373. The van der Waals surface area contributed by atoms with Crippen LogP contribution in [-0.4, -0.2) is 0 Å². The zero-order valence-corrected chi connectivity index (χ0v) is 6.93. The van der Waals surface area contributed by atoms with E-state index in [9.17, 15) is 0 Å². The molecule has 0 aliphatic heterocycles. The quantitative estimate of drug-likeness (QED) is 0.661. The fourth-order valence-corrected chi connectivity index (χ4v) is 1.40. The summed E-state index contributed by atoms with van der Waals surface area (Å²) in [5.41, 5.74) is 5.55. The third-order valence-corrected chi connectivity index (χ3v) is 2.04. The molecule has 0 aliphatic carbocycles. The highest BCUT2D eigenvalue weighted by Gasteiger charge is 1.96. The molecule has 58 valence electrons. The molecule has 1 rings (SSSR count). The number of nitrogens with zero attached hydrogens (tertiary/aromatic N) is 2. The molecule has 2 N–H and O–H groups in total. The minimum atomic E-state index is 0.0943. The highest BCUT2D eigenvalue weighted by Crippen LogP contribution is 2.20. The van der Waals surface area contributed by atoms with Gasteiger partial charge in [-0.15, -0.1) is 11.3 Å². The molecule has 0 bridgehead atoms. The van der Waals surface area contributed by atoms with Crippen LogP contribution in [0.3, 0.4) is 0 Å². The van der Waals surface area contributed by atoms with Crippen molar-refractivity contribution in [1.29, 1.82) is 10.5 Å². The lowest BCUT2D eigenvalue weighted by molar-refractivity contribution is 1.47. The van der Waals surface area contributed by atoms with Crippen LogP contribution in [0.1, 0.15) is 4.88 Å². The highest BCUT2D eigenvalue weighted by molar-refractivity contribution is 7.16. The van der Waals surface area contributed by atoms with E-state index in [1.165, 1.54) is 17.4 Å². The summed E-state index contributed by atoms with van der Waals surface area (Å²) in [6, 6.07) is 7.06.